The van der Waals surface area contributed by atoms with Crippen molar-refractivity contribution in [2.45, 2.75) is 37.3 Å². The lowest BCUT2D eigenvalue weighted by Gasteiger charge is -2.37. The molecular formula is C19H10BrF9N. The van der Waals surface area contributed by atoms with Gasteiger partial charge in [0.15, 0.2) is 0 Å². The molecule has 0 bridgehead atoms. The molecule has 1 nitrogen and oxygen atoms in total. The normalized spacial score (nSPS) is 14.9. The highest BCUT2D eigenvalue weighted by atomic mass is 79.9. The molecule has 30 heavy (non-hydrogen) atoms. The van der Waals surface area contributed by atoms with Crippen molar-refractivity contribution in [3.05, 3.63) is 57.6 Å². The van der Waals surface area contributed by atoms with Crippen LogP contribution in [0.25, 0.3) is 11.1 Å². The molecule has 2 aromatic rings. The van der Waals surface area contributed by atoms with Gasteiger partial charge in [-0.05, 0) is 45.6 Å². The Labute approximate surface area is 173 Å². The van der Waals surface area contributed by atoms with Gasteiger partial charge in [0.2, 0.25) is 0 Å². The zero-order chi connectivity index (χ0) is 23.1. The lowest BCUT2D eigenvalue weighted by Crippen LogP contribution is -2.60. The Hall–Kier alpha value is -2.22. The molecular weight excluding hydrogens is 493 g/mol. The maximum atomic E-state index is 15.2. The maximum Gasteiger partial charge on any atom is 0.457 e. The second kappa shape index (κ2) is 7.80. The van der Waals surface area contributed by atoms with E-state index in [-0.39, 0.29) is 23.1 Å². The zero-order valence-corrected chi connectivity index (χ0v) is 16.4. The average molecular weight is 503 g/mol. The smallest absolute Gasteiger partial charge is 0.221 e. The topological polar surface area (TPSA) is 23.8 Å². The third-order valence-electron chi connectivity index (χ3n) is 4.31. The van der Waals surface area contributed by atoms with Crippen LogP contribution in [0.5, 0.6) is 0 Å². The van der Waals surface area contributed by atoms with Crippen molar-refractivity contribution in [2.75, 3.05) is 0 Å². The summed E-state index contributed by atoms with van der Waals surface area (Å²) < 4.78 is 122. The van der Waals surface area contributed by atoms with E-state index in [1.54, 1.807) is 6.07 Å². The fraction of sp³-hybridized carbons (Fsp3) is 0.316. The first-order valence-electron chi connectivity index (χ1n) is 8.07. The highest BCUT2D eigenvalue weighted by molar-refractivity contribution is 9.10. The highest BCUT2D eigenvalue weighted by Crippen LogP contribution is 2.60. The van der Waals surface area contributed by atoms with Gasteiger partial charge in [0.05, 0.1) is 11.6 Å². The van der Waals surface area contributed by atoms with E-state index in [1.165, 1.54) is 6.92 Å². The predicted molar refractivity (Wildman–Crippen MR) is 92.4 cm³/mol. The Morgan fingerprint density at radius 1 is 0.933 bits per heavy atom. The van der Waals surface area contributed by atoms with Gasteiger partial charge < -0.3 is 0 Å². The average Bonchev–Trinajstić information content (AvgIpc) is 2.64. The summed E-state index contributed by atoms with van der Waals surface area (Å²) in [6, 6.07) is 8.70. The number of alkyl halides is 9. The summed E-state index contributed by atoms with van der Waals surface area (Å²) in [5, 5.41) is 8.81. The van der Waals surface area contributed by atoms with E-state index >= 15 is 4.39 Å². The summed E-state index contributed by atoms with van der Waals surface area (Å²) in [4.78, 5) is 0. The summed E-state index contributed by atoms with van der Waals surface area (Å²) in [6.07, 6.45) is -13.6. The van der Waals surface area contributed by atoms with Crippen molar-refractivity contribution in [1.82, 2.24) is 0 Å². The van der Waals surface area contributed by atoms with Crippen LogP contribution >= 0.6 is 15.9 Å². The molecule has 0 aromatic heterocycles. The van der Waals surface area contributed by atoms with Gasteiger partial charge in [0.1, 0.15) is 0 Å². The van der Waals surface area contributed by atoms with Crippen molar-refractivity contribution < 1.29 is 39.5 Å². The number of nitrogens with zero attached hydrogens (tertiary/aromatic N) is 1. The van der Waals surface area contributed by atoms with Crippen LogP contribution in [0.2, 0.25) is 0 Å². The number of nitriles is 1. The molecule has 161 valence electrons. The van der Waals surface area contributed by atoms with E-state index in [4.69, 9.17) is 5.26 Å². The second-order valence-corrected chi connectivity index (χ2v) is 6.96. The Bertz CT molecular complexity index is 972. The van der Waals surface area contributed by atoms with Gasteiger partial charge in [-0.15, -0.1) is 0 Å². The van der Waals surface area contributed by atoms with Crippen LogP contribution in [-0.4, -0.2) is 18.3 Å². The second-order valence-electron chi connectivity index (χ2n) is 6.17. The summed E-state index contributed by atoms with van der Waals surface area (Å²) in [5.74, 6) is -6.80. The molecule has 0 saturated carbocycles. The molecule has 1 unspecified atom stereocenters. The van der Waals surface area contributed by atoms with Gasteiger partial charge in [0.25, 0.3) is 0 Å². The summed E-state index contributed by atoms with van der Waals surface area (Å²) in [6.45, 7) is 1.37. The predicted octanol–water partition coefficient (Wildman–Crippen LogP) is 7.28. The molecule has 0 aliphatic heterocycles. The van der Waals surface area contributed by atoms with Gasteiger partial charge in [0, 0.05) is 21.7 Å². The Morgan fingerprint density at radius 2 is 1.47 bits per heavy atom. The van der Waals surface area contributed by atoms with Crippen molar-refractivity contribution in [2.24, 2.45) is 0 Å². The minimum absolute atomic E-state index is 0.0357. The molecule has 0 spiro atoms. The number of aryl methyl sites for hydroxylation is 1. The molecule has 1 atom stereocenters. The van der Waals surface area contributed by atoms with Crippen LogP contribution in [-0.2, 0) is 12.1 Å². The molecule has 0 saturated heterocycles. The van der Waals surface area contributed by atoms with Crippen LogP contribution in [0.15, 0.2) is 34.8 Å². The lowest BCUT2D eigenvalue weighted by atomic mass is 9.81. The third kappa shape index (κ3) is 3.77. The van der Waals surface area contributed by atoms with Crippen LogP contribution in [0.3, 0.4) is 0 Å². The first-order valence-corrected chi connectivity index (χ1v) is 8.87. The lowest BCUT2D eigenvalue weighted by molar-refractivity contribution is -0.389. The number of halogens is 10. The van der Waals surface area contributed by atoms with E-state index in [0.29, 0.717) is 6.07 Å². The Balaban J connectivity index is 3.01. The Morgan fingerprint density at radius 3 is 1.87 bits per heavy atom. The van der Waals surface area contributed by atoms with Crippen molar-refractivity contribution >= 4 is 15.9 Å². The summed E-state index contributed by atoms with van der Waals surface area (Å²) in [7, 11) is 0. The molecule has 0 N–H and O–H groups in total. The van der Waals surface area contributed by atoms with Crippen molar-refractivity contribution in [3.63, 3.8) is 0 Å². The van der Waals surface area contributed by atoms with Gasteiger partial charge in [-0.2, -0.15) is 40.4 Å². The van der Waals surface area contributed by atoms with Crippen molar-refractivity contribution in [1.29, 1.82) is 5.26 Å². The highest BCUT2D eigenvalue weighted by Gasteiger charge is 2.82. The quantitative estimate of drug-likeness (QED) is 0.403. The monoisotopic (exact) mass is 502 g/mol. The number of benzene rings is 2. The molecule has 2 rings (SSSR count). The summed E-state index contributed by atoms with van der Waals surface area (Å²) in [5.41, 5.74) is -9.40. The number of rotatable bonds is 4. The molecule has 0 amide bonds. The van der Waals surface area contributed by atoms with E-state index in [0.717, 1.165) is 24.3 Å². The fourth-order valence-electron chi connectivity index (χ4n) is 2.76. The van der Waals surface area contributed by atoms with Crippen LogP contribution in [0.4, 0.5) is 39.5 Å². The molecule has 0 heterocycles. The molecule has 0 aliphatic carbocycles. The van der Waals surface area contributed by atoms with Gasteiger partial charge in [-0.25, -0.2) is 4.39 Å². The SMILES string of the molecule is CCc1[c]c(Br)c(-c2ccc(C#N)cc2)c(C(F)(C(F)(F)F)C(F)(F)C(F)(F)F)c1. The largest absolute Gasteiger partial charge is 0.457 e. The maximum absolute atomic E-state index is 15.2. The van der Waals surface area contributed by atoms with Gasteiger partial charge >= 0.3 is 23.9 Å². The van der Waals surface area contributed by atoms with Crippen LogP contribution < -0.4 is 0 Å². The standard InChI is InChI=1S/C19H10BrF9N/c1-2-10-7-13(16(21,18(24,25)26)17(22,23)19(27,28)29)15(14(20)8-10)12-5-3-11(9-30)4-6-12/h3-7H,2H2,1H3. The number of hydrogen-bond donors (Lipinski definition) is 0. The van der Waals surface area contributed by atoms with Gasteiger partial charge in [-0.3, -0.25) is 0 Å². The van der Waals surface area contributed by atoms with E-state index in [1.807, 2.05) is 0 Å². The molecule has 0 aliphatic rings. The fourth-order valence-corrected chi connectivity index (χ4v) is 3.45. The van der Waals surface area contributed by atoms with Crippen LogP contribution in [0.1, 0.15) is 23.6 Å². The van der Waals surface area contributed by atoms with Crippen LogP contribution in [0, 0.1) is 17.4 Å². The van der Waals surface area contributed by atoms with E-state index in [2.05, 4.69) is 22.0 Å². The van der Waals surface area contributed by atoms with E-state index in [9.17, 15) is 35.1 Å². The first-order chi connectivity index (χ1) is 13.6. The molecule has 1 radical (unpaired) electrons. The minimum atomic E-state index is -6.84. The van der Waals surface area contributed by atoms with E-state index < -0.39 is 39.5 Å². The molecule has 11 heteroatoms. The summed E-state index contributed by atoms with van der Waals surface area (Å²) >= 11 is 2.81. The Kier molecular flexibility index (Phi) is 6.25. The number of hydrogen-bond acceptors (Lipinski definition) is 1. The van der Waals surface area contributed by atoms with Crippen molar-refractivity contribution in [3.8, 4) is 17.2 Å². The van der Waals surface area contributed by atoms with Gasteiger partial charge in [-0.1, -0.05) is 25.1 Å². The first kappa shape index (κ1) is 24.1. The third-order valence-corrected chi connectivity index (χ3v) is 4.91. The molecule has 0 fully saturated rings. The molecule has 2 aromatic carbocycles. The zero-order valence-electron chi connectivity index (χ0n) is 14.8. The minimum Gasteiger partial charge on any atom is -0.221 e.